The minimum atomic E-state index is 0.268. The Kier molecular flexibility index (Phi) is 5.03. The van der Waals surface area contributed by atoms with Crippen molar-refractivity contribution in [1.29, 1.82) is 0 Å². The normalized spacial score (nSPS) is 18.3. The second-order valence-electron chi connectivity index (χ2n) is 6.38. The predicted octanol–water partition coefficient (Wildman–Crippen LogP) is 4.03. The van der Waals surface area contributed by atoms with Crippen molar-refractivity contribution >= 4 is 0 Å². The van der Waals surface area contributed by atoms with Gasteiger partial charge < -0.3 is 9.73 Å². The highest BCUT2D eigenvalue weighted by atomic mass is 16.4. The second-order valence-corrected chi connectivity index (χ2v) is 6.38. The summed E-state index contributed by atoms with van der Waals surface area (Å²) in [6, 6.07) is 0. The first kappa shape index (κ1) is 14.6. The van der Waals surface area contributed by atoms with E-state index in [1.807, 2.05) is 6.20 Å². The summed E-state index contributed by atoms with van der Waals surface area (Å²) in [4.78, 5) is 4.46. The average molecular weight is 264 g/mol. The van der Waals surface area contributed by atoms with Crippen LogP contribution in [-0.4, -0.2) is 11.5 Å². The van der Waals surface area contributed by atoms with Crippen LogP contribution in [0.3, 0.4) is 0 Å². The summed E-state index contributed by atoms with van der Waals surface area (Å²) in [7, 11) is 0. The first-order chi connectivity index (χ1) is 9.16. The van der Waals surface area contributed by atoms with Crippen molar-refractivity contribution in [2.75, 3.05) is 6.54 Å². The minimum Gasteiger partial charge on any atom is -0.444 e. The third-order valence-corrected chi connectivity index (χ3v) is 4.14. The Morgan fingerprint density at radius 2 is 2.11 bits per heavy atom. The van der Waals surface area contributed by atoms with E-state index < -0.39 is 0 Å². The number of hydrogen-bond acceptors (Lipinski definition) is 3. The molecule has 1 aromatic heterocycles. The third-order valence-electron chi connectivity index (χ3n) is 4.14. The molecule has 2 rings (SSSR count). The number of oxazole rings is 1. The highest BCUT2D eigenvalue weighted by Gasteiger charge is 2.39. The van der Waals surface area contributed by atoms with Gasteiger partial charge >= 0.3 is 0 Å². The van der Waals surface area contributed by atoms with Crippen molar-refractivity contribution < 1.29 is 4.42 Å². The highest BCUT2D eigenvalue weighted by molar-refractivity contribution is 5.14. The molecule has 0 unspecified atom stereocenters. The van der Waals surface area contributed by atoms with Crippen LogP contribution in [-0.2, 0) is 12.0 Å². The summed E-state index contributed by atoms with van der Waals surface area (Å²) < 4.78 is 6.04. The molecular weight excluding hydrogens is 236 g/mol. The van der Waals surface area contributed by atoms with Crippen LogP contribution in [0.15, 0.2) is 10.6 Å². The molecule has 19 heavy (non-hydrogen) atoms. The molecule has 0 aliphatic heterocycles. The lowest BCUT2D eigenvalue weighted by Gasteiger charge is -2.28. The van der Waals surface area contributed by atoms with Crippen molar-refractivity contribution in [1.82, 2.24) is 10.3 Å². The Balaban J connectivity index is 2.05. The molecule has 1 fully saturated rings. The van der Waals surface area contributed by atoms with Crippen LogP contribution < -0.4 is 5.32 Å². The van der Waals surface area contributed by atoms with Crippen LogP contribution >= 0.6 is 0 Å². The molecule has 0 atom stereocenters. The maximum Gasteiger partial charge on any atom is 0.208 e. The molecular formula is C16H28N2O. The van der Waals surface area contributed by atoms with Crippen molar-refractivity contribution in [2.45, 2.75) is 71.3 Å². The van der Waals surface area contributed by atoms with Crippen molar-refractivity contribution in [3.05, 3.63) is 17.8 Å². The molecule has 1 heterocycles. The lowest BCUT2D eigenvalue weighted by atomic mass is 9.77. The zero-order chi connectivity index (χ0) is 13.7. The summed E-state index contributed by atoms with van der Waals surface area (Å²) in [5.41, 5.74) is 0.268. The van der Waals surface area contributed by atoms with Gasteiger partial charge in [0, 0.05) is 5.41 Å². The third kappa shape index (κ3) is 3.59. The van der Waals surface area contributed by atoms with Crippen LogP contribution in [0.2, 0.25) is 0 Å². The van der Waals surface area contributed by atoms with E-state index in [-0.39, 0.29) is 5.41 Å². The van der Waals surface area contributed by atoms with E-state index >= 15 is 0 Å². The van der Waals surface area contributed by atoms with Crippen LogP contribution in [0, 0.1) is 5.92 Å². The van der Waals surface area contributed by atoms with Gasteiger partial charge in [0.15, 0.2) is 0 Å². The molecule has 1 aromatic rings. The fraction of sp³-hybridized carbons (Fsp3) is 0.812. The largest absolute Gasteiger partial charge is 0.444 e. The molecule has 1 aliphatic carbocycles. The Hall–Kier alpha value is -0.830. The molecule has 0 radical (unpaired) electrons. The fourth-order valence-corrected chi connectivity index (χ4v) is 3.39. The van der Waals surface area contributed by atoms with Gasteiger partial charge in [0.25, 0.3) is 0 Å². The first-order valence-electron chi connectivity index (χ1n) is 7.82. The second kappa shape index (κ2) is 6.56. The lowest BCUT2D eigenvalue weighted by molar-refractivity contribution is 0.275. The molecule has 0 bridgehead atoms. The van der Waals surface area contributed by atoms with Gasteiger partial charge in [-0.15, -0.1) is 0 Å². The van der Waals surface area contributed by atoms with Gasteiger partial charge in [-0.3, -0.25) is 0 Å². The van der Waals surface area contributed by atoms with E-state index in [2.05, 4.69) is 31.1 Å². The van der Waals surface area contributed by atoms with Crippen LogP contribution in [0.5, 0.6) is 0 Å². The lowest BCUT2D eigenvalue weighted by Crippen LogP contribution is -2.23. The molecule has 108 valence electrons. The summed E-state index contributed by atoms with van der Waals surface area (Å²) in [6.07, 6.45) is 9.55. The predicted molar refractivity (Wildman–Crippen MR) is 78.1 cm³/mol. The van der Waals surface area contributed by atoms with Gasteiger partial charge in [-0.2, -0.15) is 0 Å². The smallest absolute Gasteiger partial charge is 0.208 e. The molecule has 0 amide bonds. The molecule has 3 nitrogen and oxygen atoms in total. The first-order valence-corrected chi connectivity index (χ1v) is 7.82. The molecule has 0 aromatic carbocycles. The van der Waals surface area contributed by atoms with E-state index in [0.29, 0.717) is 5.92 Å². The van der Waals surface area contributed by atoms with Gasteiger partial charge in [-0.05, 0) is 38.1 Å². The summed E-state index contributed by atoms with van der Waals surface area (Å²) in [5, 5.41) is 3.35. The summed E-state index contributed by atoms with van der Waals surface area (Å²) in [5.74, 6) is 2.69. The highest BCUT2D eigenvalue weighted by Crippen LogP contribution is 2.45. The Bertz CT molecular complexity index is 378. The van der Waals surface area contributed by atoms with E-state index in [0.717, 1.165) is 31.2 Å². The van der Waals surface area contributed by atoms with E-state index in [4.69, 9.17) is 4.42 Å². The number of rotatable bonds is 7. The summed E-state index contributed by atoms with van der Waals surface area (Å²) >= 11 is 0. The van der Waals surface area contributed by atoms with Gasteiger partial charge in [0.1, 0.15) is 5.76 Å². The Morgan fingerprint density at radius 1 is 1.37 bits per heavy atom. The standard InChI is InChI=1S/C16H28N2O/c1-4-9-17-12-15-18-11-14(19-15)16(10-13(2)3)7-5-6-8-16/h11,13,17H,4-10,12H2,1-3H3. The van der Waals surface area contributed by atoms with Gasteiger partial charge in [0.2, 0.25) is 5.89 Å². The maximum absolute atomic E-state index is 6.04. The van der Waals surface area contributed by atoms with E-state index in [1.165, 1.54) is 32.1 Å². The van der Waals surface area contributed by atoms with Crippen LogP contribution in [0.4, 0.5) is 0 Å². The number of nitrogens with zero attached hydrogens (tertiary/aromatic N) is 1. The van der Waals surface area contributed by atoms with Crippen molar-refractivity contribution in [3.63, 3.8) is 0 Å². The number of hydrogen-bond donors (Lipinski definition) is 1. The zero-order valence-electron chi connectivity index (χ0n) is 12.7. The quantitative estimate of drug-likeness (QED) is 0.755. The molecule has 1 saturated carbocycles. The van der Waals surface area contributed by atoms with E-state index in [1.54, 1.807) is 0 Å². The average Bonchev–Trinajstić information content (AvgIpc) is 2.98. The maximum atomic E-state index is 6.04. The molecule has 0 spiro atoms. The molecule has 3 heteroatoms. The van der Waals surface area contributed by atoms with Gasteiger partial charge in [0.05, 0.1) is 12.7 Å². The fourth-order valence-electron chi connectivity index (χ4n) is 3.39. The van der Waals surface area contributed by atoms with E-state index in [9.17, 15) is 0 Å². The molecule has 1 N–H and O–H groups in total. The van der Waals surface area contributed by atoms with Crippen molar-refractivity contribution in [2.24, 2.45) is 5.92 Å². The SMILES string of the molecule is CCCNCc1ncc(C2(CC(C)C)CCCC2)o1. The van der Waals surface area contributed by atoms with Gasteiger partial charge in [-0.1, -0.05) is 33.6 Å². The Labute approximate surface area is 117 Å². The topological polar surface area (TPSA) is 38.1 Å². The van der Waals surface area contributed by atoms with Crippen LogP contribution in [0.1, 0.15) is 70.9 Å². The number of nitrogens with one attached hydrogen (secondary N) is 1. The zero-order valence-corrected chi connectivity index (χ0v) is 12.7. The summed E-state index contributed by atoms with van der Waals surface area (Å²) in [6.45, 7) is 8.56. The molecule has 0 saturated heterocycles. The Morgan fingerprint density at radius 3 is 2.74 bits per heavy atom. The number of aromatic nitrogens is 1. The van der Waals surface area contributed by atoms with Crippen molar-refractivity contribution in [3.8, 4) is 0 Å². The van der Waals surface area contributed by atoms with Crippen LogP contribution in [0.25, 0.3) is 0 Å². The van der Waals surface area contributed by atoms with Gasteiger partial charge in [-0.25, -0.2) is 4.98 Å². The monoisotopic (exact) mass is 264 g/mol. The minimum absolute atomic E-state index is 0.268. The molecule has 1 aliphatic rings.